The molecule has 5 nitrogen and oxygen atoms in total. The average molecular weight is 369 g/mol. The topological polar surface area (TPSA) is 72.2 Å². The van der Waals surface area contributed by atoms with E-state index < -0.39 is 10.8 Å². The zero-order chi connectivity index (χ0) is 15.4. The number of rotatable bonds is 5. The second-order valence-electron chi connectivity index (χ2n) is 4.48. The van der Waals surface area contributed by atoms with Gasteiger partial charge in [0.2, 0.25) is 5.91 Å². The van der Waals surface area contributed by atoms with Crippen LogP contribution < -0.4 is 5.32 Å². The van der Waals surface area contributed by atoms with Crippen molar-refractivity contribution in [3.8, 4) is 0 Å². The number of nitro groups is 1. The Morgan fingerprint density at radius 3 is 2.86 bits per heavy atom. The number of thiophene rings is 1. The van der Waals surface area contributed by atoms with E-state index in [9.17, 15) is 14.9 Å². The van der Waals surface area contributed by atoms with Crippen molar-refractivity contribution in [2.45, 2.75) is 19.4 Å². The Bertz CT molecular complexity index is 672. The van der Waals surface area contributed by atoms with Gasteiger partial charge in [-0.1, -0.05) is 12.1 Å². The Kier molecular flexibility index (Phi) is 5.08. The van der Waals surface area contributed by atoms with Crippen LogP contribution in [0.25, 0.3) is 0 Å². The van der Waals surface area contributed by atoms with Crippen LogP contribution in [0.5, 0.6) is 0 Å². The highest BCUT2D eigenvalue weighted by Crippen LogP contribution is 2.24. The lowest BCUT2D eigenvalue weighted by Crippen LogP contribution is -2.27. The van der Waals surface area contributed by atoms with Gasteiger partial charge in [-0.05, 0) is 39.9 Å². The van der Waals surface area contributed by atoms with Gasteiger partial charge in [0.25, 0.3) is 5.69 Å². The molecule has 0 saturated carbocycles. The summed E-state index contributed by atoms with van der Waals surface area (Å²) < 4.78 is 0.968. The lowest BCUT2D eigenvalue weighted by molar-refractivity contribution is -0.384. The fourth-order valence-corrected chi connectivity index (χ4v) is 3.26. The Hall–Kier alpha value is -1.73. The molecule has 1 aromatic carbocycles. The normalized spacial score (nSPS) is 11.9. The summed E-state index contributed by atoms with van der Waals surface area (Å²) >= 11 is 4.96. The molecule has 2 aromatic rings. The quantitative estimate of drug-likeness (QED) is 0.643. The highest BCUT2D eigenvalue weighted by molar-refractivity contribution is 9.10. The van der Waals surface area contributed by atoms with Crippen molar-refractivity contribution in [3.63, 3.8) is 0 Å². The molecule has 0 aliphatic heterocycles. The van der Waals surface area contributed by atoms with Crippen LogP contribution in [0, 0.1) is 10.1 Å². The minimum absolute atomic E-state index is 0.00634. The van der Waals surface area contributed by atoms with Gasteiger partial charge >= 0.3 is 0 Å². The summed E-state index contributed by atoms with van der Waals surface area (Å²) in [6.45, 7) is 2.17. The predicted octanol–water partition coefficient (Wildman–Crippen LogP) is 3.84. The molecule has 0 bridgehead atoms. The maximum absolute atomic E-state index is 12.1. The molecule has 110 valence electrons. The smallest absolute Gasteiger partial charge is 0.269 e. The van der Waals surface area contributed by atoms with Gasteiger partial charge in [0.05, 0.1) is 17.4 Å². The van der Waals surface area contributed by atoms with E-state index in [-0.39, 0.29) is 11.6 Å². The highest BCUT2D eigenvalue weighted by Gasteiger charge is 2.18. The standard InChI is InChI=1S/C14H13BrN2O3S/c1-9(10-3-2-4-11(7-10)17(19)20)14(18)16-8-13-12(15)5-6-21-13/h2-7,9H,8H2,1H3,(H,16,18). The van der Waals surface area contributed by atoms with E-state index in [1.54, 1.807) is 30.4 Å². The molecule has 0 spiro atoms. The number of nitrogens with zero attached hydrogens (tertiary/aromatic N) is 1. The fourth-order valence-electron chi connectivity index (χ4n) is 1.83. The van der Waals surface area contributed by atoms with Crippen molar-refractivity contribution in [3.05, 3.63) is 60.7 Å². The van der Waals surface area contributed by atoms with E-state index in [1.807, 2.05) is 11.4 Å². The van der Waals surface area contributed by atoms with Gasteiger partial charge in [0.1, 0.15) is 0 Å². The first-order valence-corrected chi connectivity index (χ1v) is 7.90. The monoisotopic (exact) mass is 368 g/mol. The molecule has 1 atom stereocenters. The van der Waals surface area contributed by atoms with Crippen LogP contribution in [0.2, 0.25) is 0 Å². The van der Waals surface area contributed by atoms with Gasteiger partial charge in [-0.25, -0.2) is 0 Å². The van der Waals surface area contributed by atoms with Gasteiger partial charge in [-0.2, -0.15) is 0 Å². The van der Waals surface area contributed by atoms with Gasteiger partial charge in [0, 0.05) is 21.5 Å². The van der Waals surface area contributed by atoms with E-state index in [0.717, 1.165) is 9.35 Å². The number of nitrogens with one attached hydrogen (secondary N) is 1. The maximum Gasteiger partial charge on any atom is 0.269 e. The molecule has 21 heavy (non-hydrogen) atoms. The second-order valence-corrected chi connectivity index (χ2v) is 6.34. The van der Waals surface area contributed by atoms with Gasteiger partial charge in [-0.3, -0.25) is 14.9 Å². The molecular formula is C14H13BrN2O3S. The number of amides is 1. The molecule has 1 aromatic heterocycles. The Morgan fingerprint density at radius 1 is 1.48 bits per heavy atom. The molecule has 0 aliphatic rings. The number of non-ortho nitro benzene ring substituents is 1. The SMILES string of the molecule is CC(C(=O)NCc1sccc1Br)c1cccc([N+](=O)[O-])c1. The van der Waals surface area contributed by atoms with Crippen LogP contribution >= 0.6 is 27.3 Å². The summed E-state index contributed by atoms with van der Waals surface area (Å²) in [7, 11) is 0. The molecule has 0 aliphatic carbocycles. The van der Waals surface area contributed by atoms with Crippen molar-refractivity contribution < 1.29 is 9.72 Å². The molecule has 1 unspecified atom stereocenters. The lowest BCUT2D eigenvalue weighted by Gasteiger charge is -2.12. The molecule has 2 rings (SSSR count). The molecule has 0 radical (unpaired) electrons. The summed E-state index contributed by atoms with van der Waals surface area (Å²) in [6, 6.07) is 8.09. The number of carbonyl (C=O) groups excluding carboxylic acids is 1. The molecule has 1 N–H and O–H groups in total. The Labute approximate surface area is 134 Å². The van der Waals surface area contributed by atoms with Crippen molar-refractivity contribution in [1.29, 1.82) is 0 Å². The van der Waals surface area contributed by atoms with E-state index >= 15 is 0 Å². The number of hydrogen-bond donors (Lipinski definition) is 1. The zero-order valence-corrected chi connectivity index (χ0v) is 13.6. The molecular weight excluding hydrogens is 356 g/mol. The summed E-state index contributed by atoms with van der Waals surface area (Å²) in [4.78, 5) is 23.5. The number of carbonyl (C=O) groups is 1. The molecule has 0 fully saturated rings. The summed E-state index contributed by atoms with van der Waals surface area (Å²) in [5.74, 6) is -0.598. The maximum atomic E-state index is 12.1. The molecule has 1 heterocycles. The average Bonchev–Trinajstić information content (AvgIpc) is 2.89. The van der Waals surface area contributed by atoms with Gasteiger partial charge < -0.3 is 5.32 Å². The lowest BCUT2D eigenvalue weighted by atomic mass is 10.00. The summed E-state index contributed by atoms with van der Waals surface area (Å²) in [6.07, 6.45) is 0. The van der Waals surface area contributed by atoms with Crippen molar-refractivity contribution in [2.24, 2.45) is 0 Å². The second kappa shape index (κ2) is 6.82. The minimum atomic E-state index is -0.461. The van der Waals surface area contributed by atoms with E-state index in [4.69, 9.17) is 0 Å². The number of halogens is 1. The van der Waals surface area contributed by atoms with E-state index in [0.29, 0.717) is 12.1 Å². The summed E-state index contributed by atoms with van der Waals surface area (Å²) in [5, 5.41) is 15.5. The van der Waals surface area contributed by atoms with Crippen molar-refractivity contribution >= 4 is 38.9 Å². The molecule has 0 saturated heterocycles. The Balaban J connectivity index is 2.03. The first kappa shape index (κ1) is 15.7. The third-order valence-electron chi connectivity index (χ3n) is 3.09. The first-order chi connectivity index (χ1) is 9.99. The number of hydrogen-bond acceptors (Lipinski definition) is 4. The largest absolute Gasteiger partial charge is 0.351 e. The van der Waals surface area contributed by atoms with Gasteiger partial charge in [-0.15, -0.1) is 11.3 Å². The van der Waals surface area contributed by atoms with Gasteiger partial charge in [0.15, 0.2) is 0 Å². The van der Waals surface area contributed by atoms with Crippen LogP contribution in [0.15, 0.2) is 40.2 Å². The van der Waals surface area contributed by atoms with Crippen LogP contribution in [0.4, 0.5) is 5.69 Å². The Morgan fingerprint density at radius 2 is 2.24 bits per heavy atom. The van der Waals surface area contributed by atoms with Crippen LogP contribution in [0.3, 0.4) is 0 Å². The molecule has 1 amide bonds. The summed E-state index contributed by atoms with van der Waals surface area (Å²) in [5.41, 5.74) is 0.625. The first-order valence-electron chi connectivity index (χ1n) is 6.23. The predicted molar refractivity (Wildman–Crippen MR) is 85.4 cm³/mol. The molecule has 7 heteroatoms. The third kappa shape index (κ3) is 3.89. The minimum Gasteiger partial charge on any atom is -0.351 e. The number of benzene rings is 1. The van der Waals surface area contributed by atoms with E-state index in [2.05, 4.69) is 21.2 Å². The third-order valence-corrected chi connectivity index (χ3v) is 5.01. The number of nitro benzene ring substituents is 1. The van der Waals surface area contributed by atoms with Crippen molar-refractivity contribution in [1.82, 2.24) is 5.32 Å². The van der Waals surface area contributed by atoms with Crippen LogP contribution in [-0.2, 0) is 11.3 Å². The zero-order valence-electron chi connectivity index (χ0n) is 11.2. The fraction of sp³-hybridized carbons (Fsp3) is 0.214. The van der Waals surface area contributed by atoms with E-state index in [1.165, 1.54) is 12.1 Å². The highest BCUT2D eigenvalue weighted by atomic mass is 79.9. The van der Waals surface area contributed by atoms with Crippen LogP contribution in [-0.4, -0.2) is 10.8 Å². The van der Waals surface area contributed by atoms with Crippen LogP contribution in [0.1, 0.15) is 23.3 Å². The van der Waals surface area contributed by atoms with Crippen molar-refractivity contribution in [2.75, 3.05) is 0 Å².